The Bertz CT molecular complexity index is 521. The predicted molar refractivity (Wildman–Crippen MR) is 71.0 cm³/mol. The molecule has 4 heteroatoms. The van der Waals surface area contributed by atoms with E-state index in [1.54, 1.807) is 0 Å². The summed E-state index contributed by atoms with van der Waals surface area (Å²) in [5.74, 6) is -0.256. The lowest BCUT2D eigenvalue weighted by Crippen LogP contribution is -2.22. The minimum atomic E-state index is -0.534. The van der Waals surface area contributed by atoms with Gasteiger partial charge in [0.15, 0.2) is 0 Å². The van der Waals surface area contributed by atoms with Gasteiger partial charge in [-0.2, -0.15) is 5.26 Å². The van der Waals surface area contributed by atoms with Crippen LogP contribution < -0.4 is 0 Å². The van der Waals surface area contributed by atoms with Gasteiger partial charge in [0, 0.05) is 10.9 Å². The van der Waals surface area contributed by atoms with Crippen molar-refractivity contribution in [3.05, 3.63) is 33.8 Å². The standard InChI is InChI=1S/C14H14BrNO2/c1-18-13(17)6-8-14(9-16)7-5-10-11(14)3-2-4-12(10)15/h2-4H,5-8H2,1H3. The molecule has 1 unspecified atom stereocenters. The average Bonchev–Trinajstić information content (AvgIpc) is 2.77. The molecule has 1 atom stereocenters. The maximum absolute atomic E-state index is 11.3. The molecule has 18 heavy (non-hydrogen) atoms. The second-order valence-corrected chi connectivity index (χ2v) is 5.39. The van der Waals surface area contributed by atoms with E-state index in [9.17, 15) is 10.1 Å². The van der Waals surface area contributed by atoms with Crippen molar-refractivity contribution in [2.45, 2.75) is 31.1 Å². The monoisotopic (exact) mass is 307 g/mol. The number of fused-ring (bicyclic) bond motifs is 1. The quantitative estimate of drug-likeness (QED) is 0.806. The molecule has 1 aliphatic carbocycles. The van der Waals surface area contributed by atoms with E-state index in [1.165, 1.54) is 12.7 Å². The van der Waals surface area contributed by atoms with Gasteiger partial charge in [0.25, 0.3) is 0 Å². The van der Waals surface area contributed by atoms with E-state index in [1.807, 2.05) is 18.2 Å². The zero-order chi connectivity index (χ0) is 13.2. The van der Waals surface area contributed by atoms with Gasteiger partial charge < -0.3 is 4.74 Å². The predicted octanol–water partition coefficient (Wildman–Crippen LogP) is 3.11. The molecule has 0 bridgehead atoms. The molecule has 0 saturated carbocycles. The fourth-order valence-corrected chi connectivity index (χ4v) is 3.15. The van der Waals surface area contributed by atoms with E-state index in [-0.39, 0.29) is 12.4 Å². The zero-order valence-corrected chi connectivity index (χ0v) is 11.8. The molecule has 0 saturated heterocycles. The van der Waals surface area contributed by atoms with Crippen LogP contribution in [0.3, 0.4) is 0 Å². The van der Waals surface area contributed by atoms with Crippen molar-refractivity contribution in [1.29, 1.82) is 5.26 Å². The minimum absolute atomic E-state index is 0.256. The molecule has 1 aromatic rings. The van der Waals surface area contributed by atoms with Crippen molar-refractivity contribution in [3.63, 3.8) is 0 Å². The maximum Gasteiger partial charge on any atom is 0.305 e. The number of nitrogens with zero attached hydrogens (tertiary/aromatic N) is 1. The van der Waals surface area contributed by atoms with E-state index < -0.39 is 5.41 Å². The summed E-state index contributed by atoms with van der Waals surface area (Å²) in [5.41, 5.74) is 1.72. The first-order valence-corrected chi connectivity index (χ1v) is 6.68. The Labute approximate surface area is 115 Å². The molecule has 0 spiro atoms. The highest BCUT2D eigenvalue weighted by Crippen LogP contribution is 2.44. The van der Waals surface area contributed by atoms with Gasteiger partial charge >= 0.3 is 5.97 Å². The highest BCUT2D eigenvalue weighted by Gasteiger charge is 2.39. The summed E-state index contributed by atoms with van der Waals surface area (Å²) in [6.45, 7) is 0. The van der Waals surface area contributed by atoms with Gasteiger partial charge in [0.05, 0.1) is 18.6 Å². The molecule has 0 N–H and O–H groups in total. The van der Waals surface area contributed by atoms with Crippen LogP contribution in [0.25, 0.3) is 0 Å². The van der Waals surface area contributed by atoms with E-state index in [0.29, 0.717) is 6.42 Å². The number of methoxy groups -OCH3 is 1. The lowest BCUT2D eigenvalue weighted by atomic mass is 9.79. The van der Waals surface area contributed by atoms with Crippen molar-refractivity contribution in [1.82, 2.24) is 0 Å². The van der Waals surface area contributed by atoms with Crippen molar-refractivity contribution < 1.29 is 9.53 Å². The van der Waals surface area contributed by atoms with Gasteiger partial charge in [-0.15, -0.1) is 0 Å². The van der Waals surface area contributed by atoms with Crippen molar-refractivity contribution >= 4 is 21.9 Å². The van der Waals surface area contributed by atoms with Crippen LogP contribution in [0.2, 0.25) is 0 Å². The number of benzene rings is 1. The molecular weight excluding hydrogens is 294 g/mol. The van der Waals surface area contributed by atoms with Crippen LogP contribution in [0.15, 0.2) is 22.7 Å². The summed E-state index contributed by atoms with van der Waals surface area (Å²) in [6.07, 6.45) is 2.47. The molecule has 0 radical (unpaired) electrons. The molecule has 94 valence electrons. The Morgan fingerprint density at radius 1 is 1.61 bits per heavy atom. The average molecular weight is 308 g/mol. The molecule has 1 aliphatic rings. The third-order valence-corrected chi connectivity index (χ3v) is 4.38. The fourth-order valence-electron chi connectivity index (χ4n) is 2.58. The molecular formula is C14H14BrNO2. The maximum atomic E-state index is 11.3. The van der Waals surface area contributed by atoms with E-state index in [0.717, 1.165) is 22.9 Å². The number of carbonyl (C=O) groups excluding carboxylic acids is 1. The number of hydrogen-bond donors (Lipinski definition) is 0. The highest BCUT2D eigenvalue weighted by molar-refractivity contribution is 9.10. The molecule has 0 heterocycles. The topological polar surface area (TPSA) is 50.1 Å². The van der Waals surface area contributed by atoms with Crippen LogP contribution in [0.1, 0.15) is 30.4 Å². The molecule has 3 nitrogen and oxygen atoms in total. The van der Waals surface area contributed by atoms with Crippen LogP contribution >= 0.6 is 15.9 Å². The number of ether oxygens (including phenoxy) is 1. The molecule has 0 aliphatic heterocycles. The van der Waals surface area contributed by atoms with Crippen molar-refractivity contribution in [2.24, 2.45) is 0 Å². The zero-order valence-electron chi connectivity index (χ0n) is 10.2. The fraction of sp³-hybridized carbons (Fsp3) is 0.429. The molecule has 2 rings (SSSR count). The smallest absolute Gasteiger partial charge is 0.305 e. The van der Waals surface area contributed by atoms with E-state index in [2.05, 4.69) is 26.7 Å². The largest absolute Gasteiger partial charge is 0.469 e. The van der Waals surface area contributed by atoms with E-state index >= 15 is 0 Å². The van der Waals surface area contributed by atoms with Crippen LogP contribution in [-0.2, 0) is 21.4 Å². The molecule has 0 aromatic heterocycles. The van der Waals surface area contributed by atoms with E-state index in [4.69, 9.17) is 0 Å². The lowest BCUT2D eigenvalue weighted by Gasteiger charge is -2.21. The third kappa shape index (κ3) is 2.15. The summed E-state index contributed by atoms with van der Waals surface area (Å²) in [7, 11) is 1.38. The van der Waals surface area contributed by atoms with Gasteiger partial charge in [-0.25, -0.2) is 0 Å². The molecule has 0 fully saturated rings. The summed E-state index contributed by atoms with van der Waals surface area (Å²) in [6, 6.07) is 8.34. The Hall–Kier alpha value is -1.34. The third-order valence-electron chi connectivity index (χ3n) is 3.63. The number of rotatable bonds is 3. The summed E-state index contributed by atoms with van der Waals surface area (Å²) >= 11 is 3.52. The summed E-state index contributed by atoms with van der Waals surface area (Å²) in [4.78, 5) is 11.3. The SMILES string of the molecule is COC(=O)CCC1(C#N)CCc2c(Br)cccc21. The Balaban J connectivity index is 2.30. The number of esters is 1. The van der Waals surface area contributed by atoms with Crippen LogP contribution in [0, 0.1) is 11.3 Å². The second kappa shape index (κ2) is 5.11. The number of nitriles is 1. The van der Waals surface area contributed by atoms with Crippen molar-refractivity contribution in [3.8, 4) is 6.07 Å². The Morgan fingerprint density at radius 2 is 2.39 bits per heavy atom. The number of hydrogen-bond acceptors (Lipinski definition) is 3. The highest BCUT2D eigenvalue weighted by atomic mass is 79.9. The van der Waals surface area contributed by atoms with Gasteiger partial charge in [-0.3, -0.25) is 4.79 Å². The number of carbonyl (C=O) groups is 1. The second-order valence-electron chi connectivity index (χ2n) is 4.54. The van der Waals surface area contributed by atoms with Crippen molar-refractivity contribution in [2.75, 3.05) is 7.11 Å². The van der Waals surface area contributed by atoms with Crippen LogP contribution in [0.5, 0.6) is 0 Å². The van der Waals surface area contributed by atoms with Crippen LogP contribution in [0.4, 0.5) is 0 Å². The Kier molecular flexibility index (Phi) is 3.72. The normalized spacial score (nSPS) is 21.2. The summed E-state index contributed by atoms with van der Waals surface area (Å²) < 4.78 is 5.70. The van der Waals surface area contributed by atoms with Gasteiger partial charge in [-0.1, -0.05) is 28.1 Å². The minimum Gasteiger partial charge on any atom is -0.469 e. The first kappa shape index (κ1) is 13.1. The first-order valence-electron chi connectivity index (χ1n) is 5.89. The van der Waals surface area contributed by atoms with Gasteiger partial charge in [0.2, 0.25) is 0 Å². The summed E-state index contributed by atoms with van der Waals surface area (Å²) in [5, 5.41) is 9.52. The lowest BCUT2D eigenvalue weighted by molar-refractivity contribution is -0.140. The molecule has 0 amide bonds. The molecule has 1 aromatic carbocycles. The van der Waals surface area contributed by atoms with Crippen LogP contribution in [-0.4, -0.2) is 13.1 Å². The number of halogens is 1. The first-order chi connectivity index (χ1) is 8.63. The van der Waals surface area contributed by atoms with Gasteiger partial charge in [-0.05, 0) is 36.5 Å². The Morgan fingerprint density at radius 3 is 3.06 bits per heavy atom. The van der Waals surface area contributed by atoms with Gasteiger partial charge in [0.1, 0.15) is 0 Å².